The van der Waals surface area contributed by atoms with E-state index in [0.717, 1.165) is 16.8 Å². The highest BCUT2D eigenvalue weighted by atomic mass is 19.4. The molecule has 6 nitrogen and oxygen atoms in total. The van der Waals surface area contributed by atoms with Crippen LogP contribution in [-0.2, 0) is 5.92 Å². The zero-order valence-corrected chi connectivity index (χ0v) is 13.8. The summed E-state index contributed by atoms with van der Waals surface area (Å²) in [5, 5.41) is 10.9. The van der Waals surface area contributed by atoms with Crippen LogP contribution in [-0.4, -0.2) is 37.1 Å². The van der Waals surface area contributed by atoms with Gasteiger partial charge in [0.2, 0.25) is 5.82 Å². The number of nitrogens with zero attached hydrogens (tertiary/aromatic N) is 5. The molecule has 0 aliphatic rings. The molecule has 0 bridgehead atoms. The average Bonchev–Trinajstić information content (AvgIpc) is 2.99. The van der Waals surface area contributed by atoms with Gasteiger partial charge in [0, 0.05) is 18.7 Å². The zero-order valence-electron chi connectivity index (χ0n) is 13.8. The maximum atomic E-state index is 14.1. The lowest BCUT2D eigenvalue weighted by Crippen LogP contribution is -2.31. The van der Waals surface area contributed by atoms with Crippen LogP contribution in [0.4, 0.5) is 26.3 Å². The second kappa shape index (κ2) is 6.35. The monoisotopic (exact) mass is 391 g/mol. The molecule has 0 saturated carbocycles. The molecule has 3 aromatic rings. The van der Waals surface area contributed by atoms with Crippen molar-refractivity contribution in [3.05, 3.63) is 36.0 Å². The quantitative estimate of drug-likeness (QED) is 0.634. The molecule has 0 fully saturated rings. The first kappa shape index (κ1) is 18.9. The molecular formula is C15H11F6N5O. The van der Waals surface area contributed by atoms with E-state index in [1.54, 1.807) is 0 Å². The van der Waals surface area contributed by atoms with Crippen molar-refractivity contribution in [2.75, 3.05) is 0 Å². The summed E-state index contributed by atoms with van der Waals surface area (Å²) in [6.45, 7) is 1.33. The Kier molecular flexibility index (Phi) is 4.44. The van der Waals surface area contributed by atoms with E-state index in [9.17, 15) is 26.3 Å². The van der Waals surface area contributed by atoms with E-state index in [1.807, 2.05) is 0 Å². The Morgan fingerprint density at radius 1 is 1.11 bits per heavy atom. The first-order chi connectivity index (χ1) is 12.5. The topological polar surface area (TPSA) is 65.2 Å². The second-order valence-electron chi connectivity index (χ2n) is 5.71. The number of hydrogen-bond donors (Lipinski definition) is 0. The van der Waals surface area contributed by atoms with Gasteiger partial charge in [0.1, 0.15) is 0 Å². The van der Waals surface area contributed by atoms with Crippen molar-refractivity contribution in [2.24, 2.45) is 0 Å². The fourth-order valence-electron chi connectivity index (χ4n) is 2.10. The van der Waals surface area contributed by atoms with E-state index in [4.69, 9.17) is 0 Å². The Hall–Kier alpha value is -2.92. The van der Waals surface area contributed by atoms with E-state index in [-0.39, 0.29) is 16.9 Å². The van der Waals surface area contributed by atoms with Crippen LogP contribution in [0.1, 0.15) is 19.7 Å². The smallest absolute Gasteiger partial charge is 0.425 e. The number of halogens is 6. The van der Waals surface area contributed by atoms with Gasteiger partial charge >= 0.3 is 12.1 Å². The lowest BCUT2D eigenvalue weighted by Gasteiger charge is -2.17. The molecule has 3 heterocycles. The van der Waals surface area contributed by atoms with E-state index < -0.39 is 35.7 Å². The summed E-state index contributed by atoms with van der Waals surface area (Å²) < 4.78 is 83.9. The highest BCUT2D eigenvalue weighted by molar-refractivity contribution is 5.59. The summed E-state index contributed by atoms with van der Waals surface area (Å²) in [5.41, 5.74) is 0.123. The van der Waals surface area contributed by atoms with Gasteiger partial charge in [-0.2, -0.15) is 31.6 Å². The number of alkyl halides is 5. The number of rotatable bonds is 4. The normalized spacial score (nSPS) is 13.8. The number of hydrogen-bond acceptors (Lipinski definition) is 5. The highest BCUT2D eigenvalue weighted by Gasteiger charge is 2.38. The SMILES string of the molecule is C[C@H](Oc1ncc(-c2ccc3nnc(C(C)(F)F)n3n2)cc1F)C(F)(F)F. The summed E-state index contributed by atoms with van der Waals surface area (Å²) in [6, 6.07) is 3.53. The van der Waals surface area contributed by atoms with E-state index >= 15 is 0 Å². The average molecular weight is 391 g/mol. The van der Waals surface area contributed by atoms with E-state index in [2.05, 4.69) is 25.0 Å². The van der Waals surface area contributed by atoms with Crippen LogP contribution in [0.2, 0.25) is 0 Å². The third-order valence-electron chi connectivity index (χ3n) is 3.51. The Morgan fingerprint density at radius 2 is 1.81 bits per heavy atom. The number of aromatic nitrogens is 5. The van der Waals surface area contributed by atoms with Gasteiger partial charge in [-0.1, -0.05) is 0 Å². The predicted molar refractivity (Wildman–Crippen MR) is 79.7 cm³/mol. The Morgan fingerprint density at radius 3 is 2.41 bits per heavy atom. The van der Waals surface area contributed by atoms with Crippen LogP contribution in [0, 0.1) is 5.82 Å². The van der Waals surface area contributed by atoms with E-state index in [0.29, 0.717) is 13.8 Å². The predicted octanol–water partition coefficient (Wildman–Crippen LogP) is 3.77. The molecule has 0 radical (unpaired) electrons. The minimum absolute atomic E-state index is 0.0367. The highest BCUT2D eigenvalue weighted by Crippen LogP contribution is 2.28. The molecule has 0 amide bonds. The number of fused-ring (bicyclic) bond motifs is 1. The van der Waals surface area contributed by atoms with Gasteiger partial charge in [-0.25, -0.2) is 9.37 Å². The van der Waals surface area contributed by atoms with Crippen molar-refractivity contribution in [1.29, 1.82) is 0 Å². The standard InChI is InChI=1S/C15H11F6N5O/c1-7(15(19,20)21)27-12-9(16)5-8(6-22-12)10-3-4-11-23-24-13(14(2,17)18)26(11)25-10/h3-7H,1-2H3/t7-/m0/s1. The van der Waals surface area contributed by atoms with Crippen molar-refractivity contribution in [2.45, 2.75) is 32.1 Å². The van der Waals surface area contributed by atoms with Crippen LogP contribution in [0.3, 0.4) is 0 Å². The molecule has 0 spiro atoms. The van der Waals surface area contributed by atoms with Crippen LogP contribution < -0.4 is 4.74 Å². The molecule has 0 unspecified atom stereocenters. The van der Waals surface area contributed by atoms with Crippen LogP contribution in [0.15, 0.2) is 24.4 Å². The van der Waals surface area contributed by atoms with Gasteiger partial charge in [-0.3, -0.25) is 0 Å². The molecule has 3 aromatic heterocycles. The lowest BCUT2D eigenvalue weighted by molar-refractivity contribution is -0.190. The van der Waals surface area contributed by atoms with Crippen LogP contribution in [0.25, 0.3) is 16.9 Å². The lowest BCUT2D eigenvalue weighted by atomic mass is 10.2. The van der Waals surface area contributed by atoms with Gasteiger partial charge in [-0.15, -0.1) is 10.2 Å². The fourth-order valence-corrected chi connectivity index (χ4v) is 2.10. The molecule has 12 heteroatoms. The third kappa shape index (κ3) is 3.78. The van der Waals surface area contributed by atoms with Gasteiger partial charge in [-0.05, 0) is 25.1 Å². The molecule has 0 N–H and O–H groups in total. The Labute approximate surface area is 147 Å². The molecule has 0 aliphatic heterocycles. The largest absolute Gasteiger partial charge is 0.463 e. The number of ether oxygens (including phenoxy) is 1. The molecule has 0 aliphatic carbocycles. The molecule has 1 atom stereocenters. The number of pyridine rings is 1. The van der Waals surface area contributed by atoms with Crippen molar-refractivity contribution in [3.63, 3.8) is 0 Å². The first-order valence-corrected chi connectivity index (χ1v) is 7.47. The van der Waals surface area contributed by atoms with Crippen molar-refractivity contribution < 1.29 is 31.1 Å². The Balaban J connectivity index is 1.96. The molecular weight excluding hydrogens is 380 g/mol. The van der Waals surface area contributed by atoms with Gasteiger partial charge < -0.3 is 4.74 Å². The zero-order chi connectivity index (χ0) is 20.0. The maximum Gasteiger partial charge on any atom is 0.425 e. The van der Waals surface area contributed by atoms with Gasteiger partial charge in [0.25, 0.3) is 5.88 Å². The Bertz CT molecular complexity index is 981. The van der Waals surface area contributed by atoms with E-state index in [1.165, 1.54) is 12.1 Å². The minimum Gasteiger partial charge on any atom is -0.463 e. The minimum atomic E-state index is -4.68. The molecule has 0 saturated heterocycles. The summed E-state index contributed by atoms with van der Waals surface area (Å²) in [5.74, 6) is -6.03. The molecule has 27 heavy (non-hydrogen) atoms. The van der Waals surface area contributed by atoms with Crippen molar-refractivity contribution in [3.8, 4) is 17.1 Å². The third-order valence-corrected chi connectivity index (χ3v) is 3.51. The summed E-state index contributed by atoms with van der Waals surface area (Å²) in [7, 11) is 0. The van der Waals surface area contributed by atoms with Crippen molar-refractivity contribution >= 4 is 5.65 Å². The van der Waals surface area contributed by atoms with Crippen molar-refractivity contribution in [1.82, 2.24) is 24.8 Å². The van der Waals surface area contributed by atoms with Gasteiger partial charge in [0.05, 0.1) is 5.69 Å². The molecule has 3 rings (SSSR count). The molecule has 144 valence electrons. The summed E-state index contributed by atoms with van der Waals surface area (Å²) in [6.07, 6.45) is -5.93. The second-order valence-corrected chi connectivity index (χ2v) is 5.71. The van der Waals surface area contributed by atoms with Gasteiger partial charge in [0.15, 0.2) is 17.6 Å². The molecule has 0 aromatic carbocycles. The fraction of sp³-hybridized carbons (Fsp3) is 0.333. The first-order valence-electron chi connectivity index (χ1n) is 7.47. The van der Waals surface area contributed by atoms with Crippen LogP contribution in [0.5, 0.6) is 5.88 Å². The van der Waals surface area contributed by atoms with Crippen LogP contribution >= 0.6 is 0 Å². The summed E-state index contributed by atoms with van der Waals surface area (Å²) in [4.78, 5) is 3.52. The maximum absolute atomic E-state index is 14.1. The summed E-state index contributed by atoms with van der Waals surface area (Å²) >= 11 is 0.